The van der Waals surface area contributed by atoms with Crippen molar-refractivity contribution < 1.29 is 9.59 Å². The Morgan fingerprint density at radius 3 is 2.30 bits per heavy atom. The van der Waals surface area contributed by atoms with Gasteiger partial charge in [0.25, 0.3) is 5.91 Å². The van der Waals surface area contributed by atoms with Crippen molar-refractivity contribution in [3.05, 3.63) is 48.3 Å². The molecule has 160 valence electrons. The predicted molar refractivity (Wildman–Crippen MR) is 120 cm³/mol. The first kappa shape index (κ1) is 21.8. The molecular formula is C23H31N5O2. The van der Waals surface area contributed by atoms with Gasteiger partial charge in [0.2, 0.25) is 5.91 Å². The minimum atomic E-state index is -0.0999. The lowest BCUT2D eigenvalue weighted by Crippen LogP contribution is -2.47. The van der Waals surface area contributed by atoms with Crippen LogP contribution < -0.4 is 10.2 Å². The average Bonchev–Trinajstić information content (AvgIpc) is 2.75. The molecule has 0 radical (unpaired) electrons. The molecular weight excluding hydrogens is 378 g/mol. The van der Waals surface area contributed by atoms with Gasteiger partial charge in [-0.05, 0) is 36.6 Å². The highest BCUT2D eigenvalue weighted by molar-refractivity contribution is 5.95. The highest BCUT2D eigenvalue weighted by Crippen LogP contribution is 2.23. The number of likely N-dealkylation sites (tertiary alicyclic amines) is 1. The fraction of sp³-hybridized carbons (Fsp3) is 0.435. The molecule has 1 aliphatic heterocycles. The summed E-state index contributed by atoms with van der Waals surface area (Å²) < 4.78 is 0. The molecule has 0 unspecified atom stereocenters. The summed E-state index contributed by atoms with van der Waals surface area (Å²) in [4.78, 5) is 34.7. The fourth-order valence-corrected chi connectivity index (χ4v) is 3.51. The normalized spacial score (nSPS) is 14.9. The van der Waals surface area contributed by atoms with Crippen LogP contribution >= 0.6 is 0 Å². The summed E-state index contributed by atoms with van der Waals surface area (Å²) in [5.74, 6) is 0.0102. The van der Waals surface area contributed by atoms with Crippen LogP contribution in [0.4, 0.5) is 5.69 Å². The topological polar surface area (TPSA) is 68.8 Å². The molecule has 0 saturated carbocycles. The molecule has 1 N–H and O–H groups in total. The Hall–Kier alpha value is -2.93. The number of carbonyl (C=O) groups is 2. The van der Waals surface area contributed by atoms with E-state index in [0.717, 1.165) is 42.7 Å². The van der Waals surface area contributed by atoms with Gasteiger partial charge in [-0.2, -0.15) is 0 Å². The molecule has 0 bridgehead atoms. The van der Waals surface area contributed by atoms with Crippen molar-refractivity contribution in [3.63, 3.8) is 0 Å². The number of benzene rings is 1. The van der Waals surface area contributed by atoms with E-state index in [0.29, 0.717) is 12.1 Å². The number of pyridine rings is 1. The minimum absolute atomic E-state index is 0.0999. The van der Waals surface area contributed by atoms with E-state index in [1.54, 1.807) is 31.4 Å². The molecule has 1 aromatic carbocycles. The molecule has 2 amide bonds. The molecule has 7 nitrogen and oxygen atoms in total. The number of hydrogen-bond acceptors (Lipinski definition) is 5. The highest BCUT2D eigenvalue weighted by atomic mass is 16.2. The number of hydrogen-bond donors (Lipinski definition) is 1. The van der Waals surface area contributed by atoms with Crippen molar-refractivity contribution in [2.24, 2.45) is 0 Å². The van der Waals surface area contributed by atoms with E-state index >= 15 is 0 Å². The Labute approximate surface area is 178 Å². The quantitative estimate of drug-likeness (QED) is 0.791. The van der Waals surface area contributed by atoms with Crippen LogP contribution in [0.2, 0.25) is 0 Å². The van der Waals surface area contributed by atoms with Gasteiger partial charge < -0.3 is 15.1 Å². The van der Waals surface area contributed by atoms with Crippen LogP contribution in [0.5, 0.6) is 0 Å². The van der Waals surface area contributed by atoms with Crippen molar-refractivity contribution in [2.75, 3.05) is 52.7 Å². The van der Waals surface area contributed by atoms with Crippen LogP contribution in [0.25, 0.3) is 11.1 Å². The first-order valence-corrected chi connectivity index (χ1v) is 10.3. The molecule has 3 rings (SSSR count). The van der Waals surface area contributed by atoms with E-state index in [1.807, 2.05) is 37.2 Å². The van der Waals surface area contributed by atoms with Crippen molar-refractivity contribution in [3.8, 4) is 11.1 Å². The zero-order valence-corrected chi connectivity index (χ0v) is 18.3. The van der Waals surface area contributed by atoms with Crippen LogP contribution in [-0.4, -0.2) is 80.5 Å². The summed E-state index contributed by atoms with van der Waals surface area (Å²) in [6.45, 7) is 2.05. The second-order valence-corrected chi connectivity index (χ2v) is 8.22. The monoisotopic (exact) mass is 409 g/mol. The third kappa shape index (κ3) is 5.57. The van der Waals surface area contributed by atoms with E-state index in [4.69, 9.17) is 0 Å². The second-order valence-electron chi connectivity index (χ2n) is 8.22. The summed E-state index contributed by atoms with van der Waals surface area (Å²) in [7, 11) is 7.56. The number of amides is 2. The van der Waals surface area contributed by atoms with Crippen molar-refractivity contribution in [2.45, 2.75) is 18.9 Å². The van der Waals surface area contributed by atoms with Gasteiger partial charge in [-0.3, -0.25) is 19.5 Å². The summed E-state index contributed by atoms with van der Waals surface area (Å²) >= 11 is 0. The van der Waals surface area contributed by atoms with Gasteiger partial charge in [-0.25, -0.2) is 0 Å². The molecule has 7 heteroatoms. The number of nitrogens with one attached hydrogen (secondary N) is 1. The third-order valence-electron chi connectivity index (χ3n) is 5.50. The molecule has 30 heavy (non-hydrogen) atoms. The van der Waals surface area contributed by atoms with Gasteiger partial charge in [-0.15, -0.1) is 0 Å². The molecule has 0 aliphatic carbocycles. The summed E-state index contributed by atoms with van der Waals surface area (Å²) in [5, 5.41) is 3.13. The largest absolute Gasteiger partial charge is 0.378 e. The van der Waals surface area contributed by atoms with E-state index < -0.39 is 0 Å². The lowest BCUT2D eigenvalue weighted by Gasteiger charge is -2.32. The Morgan fingerprint density at radius 2 is 1.70 bits per heavy atom. The van der Waals surface area contributed by atoms with Crippen molar-refractivity contribution in [1.29, 1.82) is 0 Å². The zero-order chi connectivity index (χ0) is 21.7. The summed E-state index contributed by atoms with van der Waals surface area (Å²) in [6.07, 6.45) is 5.07. The maximum absolute atomic E-state index is 12.8. The number of carbonyl (C=O) groups excluding carboxylic acids is 2. The maximum Gasteiger partial charge on any atom is 0.253 e. The summed E-state index contributed by atoms with van der Waals surface area (Å²) in [5.41, 5.74) is 3.64. The Morgan fingerprint density at radius 1 is 1.03 bits per heavy atom. The maximum atomic E-state index is 12.8. The minimum Gasteiger partial charge on any atom is -0.378 e. The third-order valence-corrected chi connectivity index (χ3v) is 5.50. The van der Waals surface area contributed by atoms with Crippen LogP contribution in [0.1, 0.15) is 23.2 Å². The van der Waals surface area contributed by atoms with Gasteiger partial charge >= 0.3 is 0 Å². The van der Waals surface area contributed by atoms with Crippen LogP contribution in [0, 0.1) is 0 Å². The molecule has 2 heterocycles. The van der Waals surface area contributed by atoms with E-state index in [1.165, 1.54) is 0 Å². The van der Waals surface area contributed by atoms with Gasteiger partial charge in [-0.1, -0.05) is 12.1 Å². The predicted octanol–water partition coefficient (Wildman–Crippen LogP) is 2.10. The van der Waals surface area contributed by atoms with Crippen molar-refractivity contribution in [1.82, 2.24) is 20.1 Å². The summed E-state index contributed by atoms with van der Waals surface area (Å²) in [6, 6.07) is 10.2. The van der Waals surface area contributed by atoms with Crippen molar-refractivity contribution >= 4 is 17.5 Å². The number of piperidine rings is 1. The van der Waals surface area contributed by atoms with E-state index in [9.17, 15) is 9.59 Å². The van der Waals surface area contributed by atoms with E-state index in [-0.39, 0.29) is 17.9 Å². The lowest BCUT2D eigenvalue weighted by molar-refractivity contribution is -0.130. The Balaban J connectivity index is 1.58. The molecule has 1 saturated heterocycles. The number of anilines is 1. The average molecular weight is 410 g/mol. The zero-order valence-electron chi connectivity index (χ0n) is 18.3. The lowest BCUT2D eigenvalue weighted by atomic mass is 10.0. The van der Waals surface area contributed by atoms with Crippen LogP contribution in [0.15, 0.2) is 42.7 Å². The van der Waals surface area contributed by atoms with Gasteiger partial charge in [0, 0.05) is 71.0 Å². The van der Waals surface area contributed by atoms with Gasteiger partial charge in [0.1, 0.15) is 0 Å². The molecule has 1 aliphatic rings. The molecule has 0 spiro atoms. The first-order valence-electron chi connectivity index (χ1n) is 10.3. The second kappa shape index (κ2) is 9.71. The Bertz CT molecular complexity index is 871. The number of rotatable bonds is 6. The smallest absolute Gasteiger partial charge is 0.253 e. The van der Waals surface area contributed by atoms with Gasteiger partial charge in [0.05, 0.1) is 12.1 Å². The van der Waals surface area contributed by atoms with Crippen LogP contribution in [0.3, 0.4) is 0 Å². The highest BCUT2D eigenvalue weighted by Gasteiger charge is 2.23. The standard InChI is InChI=1S/C23H31N5O2/c1-26(2)21-7-5-17(6-8-21)18-13-19(15-24-14-18)23(30)25-20-9-11-28(12-10-20)16-22(29)27(3)4/h5-8,13-15,20H,9-12,16H2,1-4H3,(H,25,30). The first-order chi connectivity index (χ1) is 14.3. The number of likely N-dealkylation sites (N-methyl/N-ethyl adjacent to an activating group) is 1. The SMILES string of the molecule is CN(C)C(=O)CN1CCC(NC(=O)c2cncc(-c3ccc(N(C)C)cc3)c2)CC1. The van der Waals surface area contributed by atoms with E-state index in [2.05, 4.69) is 27.3 Å². The fourth-order valence-electron chi connectivity index (χ4n) is 3.51. The molecule has 0 atom stereocenters. The van der Waals surface area contributed by atoms with Gasteiger partial charge in [0.15, 0.2) is 0 Å². The molecule has 2 aromatic rings. The Kier molecular flexibility index (Phi) is 7.05. The number of nitrogens with zero attached hydrogens (tertiary/aromatic N) is 4. The molecule has 1 fully saturated rings. The number of aromatic nitrogens is 1. The molecule has 1 aromatic heterocycles. The van der Waals surface area contributed by atoms with Crippen LogP contribution in [-0.2, 0) is 4.79 Å².